The van der Waals surface area contributed by atoms with E-state index in [1.807, 2.05) is 31.1 Å². The topological polar surface area (TPSA) is 28.5 Å². The van der Waals surface area contributed by atoms with E-state index in [4.69, 9.17) is 0 Å². The Morgan fingerprint density at radius 1 is 1.50 bits per heavy atom. The number of aliphatic imine (C=N–C) groups is 1. The summed E-state index contributed by atoms with van der Waals surface area (Å²) >= 11 is 2.21. The van der Waals surface area contributed by atoms with Crippen LogP contribution >= 0.6 is 22.6 Å². The van der Waals surface area contributed by atoms with Crippen LogP contribution in [0.5, 0.6) is 0 Å². The molecule has 64 valence electrons. The van der Waals surface area contributed by atoms with Gasteiger partial charge in [0.05, 0.1) is 6.34 Å². The molecule has 12 heavy (non-hydrogen) atoms. The fourth-order valence-electron chi connectivity index (χ4n) is 0.619. The van der Waals surface area contributed by atoms with Crippen molar-refractivity contribution in [2.45, 2.75) is 0 Å². The van der Waals surface area contributed by atoms with Gasteiger partial charge in [-0.25, -0.2) is 9.98 Å². The van der Waals surface area contributed by atoms with Gasteiger partial charge in [0.25, 0.3) is 0 Å². The Balaban J connectivity index is 2.71. The van der Waals surface area contributed by atoms with Crippen molar-refractivity contribution in [3.05, 3.63) is 21.9 Å². The predicted molar refractivity (Wildman–Crippen MR) is 58.8 cm³/mol. The van der Waals surface area contributed by atoms with Crippen molar-refractivity contribution in [1.82, 2.24) is 9.88 Å². The molecule has 0 saturated heterocycles. The monoisotopic (exact) mass is 275 g/mol. The summed E-state index contributed by atoms with van der Waals surface area (Å²) in [5.41, 5.74) is 0. The Morgan fingerprint density at radius 2 is 2.25 bits per heavy atom. The van der Waals surface area contributed by atoms with E-state index in [1.54, 1.807) is 12.5 Å². The van der Waals surface area contributed by atoms with Gasteiger partial charge in [0, 0.05) is 23.9 Å². The molecule has 1 aromatic rings. The van der Waals surface area contributed by atoms with E-state index in [2.05, 4.69) is 32.6 Å². The number of nitrogens with zero attached hydrogens (tertiary/aromatic N) is 3. The van der Waals surface area contributed by atoms with E-state index in [1.165, 1.54) is 0 Å². The van der Waals surface area contributed by atoms with Crippen molar-refractivity contribution < 1.29 is 0 Å². The molecule has 0 N–H and O–H groups in total. The second kappa shape index (κ2) is 4.39. The van der Waals surface area contributed by atoms with Gasteiger partial charge in [0.1, 0.15) is 0 Å². The fourth-order valence-corrected chi connectivity index (χ4v) is 0.938. The van der Waals surface area contributed by atoms with Crippen molar-refractivity contribution >= 4 is 34.7 Å². The van der Waals surface area contributed by atoms with Crippen LogP contribution in [0.25, 0.3) is 0 Å². The van der Waals surface area contributed by atoms with Crippen molar-refractivity contribution in [3.63, 3.8) is 0 Å². The number of hydrogen-bond donors (Lipinski definition) is 0. The summed E-state index contributed by atoms with van der Waals surface area (Å²) in [5.74, 6) is 0.740. The standard InChI is InChI=1S/C8H10IN3/c1-12(2)6-11-8-4-3-7(9)5-10-8/h3-6H,1-2H3/b11-6+. The van der Waals surface area contributed by atoms with Gasteiger partial charge < -0.3 is 4.90 Å². The molecule has 0 atom stereocenters. The van der Waals surface area contributed by atoms with Gasteiger partial charge in [0.15, 0.2) is 5.82 Å². The van der Waals surface area contributed by atoms with Crippen LogP contribution in [0.4, 0.5) is 5.82 Å². The lowest BCUT2D eigenvalue weighted by Gasteiger charge is -2.01. The first-order valence-corrected chi connectivity index (χ1v) is 4.58. The molecule has 0 unspecified atom stereocenters. The zero-order chi connectivity index (χ0) is 8.97. The van der Waals surface area contributed by atoms with E-state index in [9.17, 15) is 0 Å². The highest BCUT2D eigenvalue weighted by molar-refractivity contribution is 14.1. The van der Waals surface area contributed by atoms with Crippen molar-refractivity contribution in [3.8, 4) is 0 Å². The van der Waals surface area contributed by atoms with Crippen LogP contribution in [-0.2, 0) is 0 Å². The molecule has 1 aromatic heterocycles. The number of halogens is 1. The maximum Gasteiger partial charge on any atom is 0.153 e. The van der Waals surface area contributed by atoms with Crippen molar-refractivity contribution in [2.24, 2.45) is 4.99 Å². The highest BCUT2D eigenvalue weighted by Crippen LogP contribution is 2.09. The van der Waals surface area contributed by atoms with E-state index < -0.39 is 0 Å². The Bertz CT molecular complexity index is 266. The average molecular weight is 275 g/mol. The summed E-state index contributed by atoms with van der Waals surface area (Å²) in [6.07, 6.45) is 3.53. The first-order chi connectivity index (χ1) is 5.68. The molecule has 0 bridgehead atoms. The van der Waals surface area contributed by atoms with Crippen molar-refractivity contribution in [1.29, 1.82) is 0 Å². The number of hydrogen-bond acceptors (Lipinski definition) is 2. The molecule has 0 aliphatic rings. The second-order valence-corrected chi connectivity index (χ2v) is 3.79. The van der Waals surface area contributed by atoms with Gasteiger partial charge in [-0.2, -0.15) is 0 Å². The summed E-state index contributed by atoms with van der Waals surface area (Å²) in [4.78, 5) is 10.1. The summed E-state index contributed by atoms with van der Waals surface area (Å²) in [6, 6.07) is 3.87. The van der Waals surface area contributed by atoms with Crippen LogP contribution in [-0.4, -0.2) is 30.3 Å². The largest absolute Gasteiger partial charge is 0.369 e. The number of pyridine rings is 1. The molecule has 1 heterocycles. The normalized spacial score (nSPS) is 10.6. The first-order valence-electron chi connectivity index (χ1n) is 3.50. The minimum Gasteiger partial charge on any atom is -0.369 e. The maximum atomic E-state index is 4.13. The molecule has 0 radical (unpaired) electrons. The quantitative estimate of drug-likeness (QED) is 0.468. The van der Waals surface area contributed by atoms with E-state index in [0.29, 0.717) is 0 Å². The molecule has 0 amide bonds. The molecule has 0 aromatic carbocycles. The molecule has 0 saturated carbocycles. The molecule has 3 nitrogen and oxygen atoms in total. The Morgan fingerprint density at radius 3 is 2.75 bits per heavy atom. The van der Waals surface area contributed by atoms with Crippen LogP contribution in [0.1, 0.15) is 0 Å². The summed E-state index contributed by atoms with van der Waals surface area (Å²) in [7, 11) is 3.85. The van der Waals surface area contributed by atoms with Gasteiger partial charge in [-0.05, 0) is 34.7 Å². The van der Waals surface area contributed by atoms with E-state index in [-0.39, 0.29) is 0 Å². The third-order valence-electron chi connectivity index (χ3n) is 1.13. The lowest BCUT2D eigenvalue weighted by Crippen LogP contribution is -2.07. The maximum absolute atomic E-state index is 4.13. The minimum absolute atomic E-state index is 0.740. The van der Waals surface area contributed by atoms with Gasteiger partial charge in [0.2, 0.25) is 0 Å². The third-order valence-corrected chi connectivity index (χ3v) is 1.77. The molecule has 0 aliphatic heterocycles. The molecular formula is C8H10IN3. The lowest BCUT2D eigenvalue weighted by atomic mass is 10.5. The highest BCUT2D eigenvalue weighted by atomic mass is 127. The predicted octanol–water partition coefficient (Wildman–Crippen LogP) is 1.91. The molecule has 0 aliphatic carbocycles. The van der Waals surface area contributed by atoms with Crippen LogP contribution in [0.3, 0.4) is 0 Å². The SMILES string of the molecule is CN(C)/C=N/c1ccc(I)cn1. The molecule has 0 fully saturated rings. The van der Waals surface area contributed by atoms with Gasteiger partial charge in [-0.3, -0.25) is 0 Å². The molecule has 4 heteroatoms. The zero-order valence-electron chi connectivity index (χ0n) is 7.03. The zero-order valence-corrected chi connectivity index (χ0v) is 9.19. The van der Waals surface area contributed by atoms with Crippen molar-refractivity contribution in [2.75, 3.05) is 14.1 Å². The summed E-state index contributed by atoms with van der Waals surface area (Å²) in [5, 5.41) is 0. The lowest BCUT2D eigenvalue weighted by molar-refractivity contribution is 0.643. The van der Waals surface area contributed by atoms with Gasteiger partial charge in [-0.1, -0.05) is 0 Å². The Kier molecular flexibility index (Phi) is 3.46. The minimum atomic E-state index is 0.740. The van der Waals surface area contributed by atoms with Crippen LogP contribution in [0.15, 0.2) is 23.3 Å². The fraction of sp³-hybridized carbons (Fsp3) is 0.250. The van der Waals surface area contributed by atoms with Gasteiger partial charge in [-0.15, -0.1) is 0 Å². The van der Waals surface area contributed by atoms with E-state index in [0.717, 1.165) is 9.39 Å². The smallest absolute Gasteiger partial charge is 0.153 e. The Hall–Kier alpha value is -0.650. The second-order valence-electron chi connectivity index (χ2n) is 2.54. The van der Waals surface area contributed by atoms with Crippen LogP contribution in [0, 0.1) is 3.57 Å². The molecule has 1 rings (SSSR count). The Labute approximate surface area is 85.7 Å². The first kappa shape index (κ1) is 9.44. The van der Waals surface area contributed by atoms with Gasteiger partial charge >= 0.3 is 0 Å². The molecular weight excluding hydrogens is 265 g/mol. The number of rotatable bonds is 2. The third kappa shape index (κ3) is 3.17. The van der Waals surface area contributed by atoms with E-state index >= 15 is 0 Å². The number of aromatic nitrogens is 1. The molecule has 0 spiro atoms. The highest BCUT2D eigenvalue weighted by Gasteiger charge is 1.88. The summed E-state index contributed by atoms with van der Waals surface area (Å²) in [6.45, 7) is 0. The summed E-state index contributed by atoms with van der Waals surface area (Å²) < 4.78 is 1.12. The van der Waals surface area contributed by atoms with Crippen LogP contribution in [0.2, 0.25) is 0 Å². The average Bonchev–Trinajstić information content (AvgIpc) is 2.03. The van der Waals surface area contributed by atoms with Crippen LogP contribution < -0.4 is 0 Å².